The maximum absolute atomic E-state index is 4.98. The zero-order valence-corrected chi connectivity index (χ0v) is 8.97. The van der Waals surface area contributed by atoms with Gasteiger partial charge in [-0.1, -0.05) is 21.9 Å². The van der Waals surface area contributed by atoms with Gasteiger partial charge in [-0.15, -0.1) is 0 Å². The van der Waals surface area contributed by atoms with Gasteiger partial charge in [0.15, 0.2) is 0 Å². The van der Waals surface area contributed by atoms with Crippen LogP contribution in [0.3, 0.4) is 0 Å². The number of alkyl halides is 1. The molecule has 0 atom stereocenters. The molecule has 0 N–H and O–H groups in total. The van der Waals surface area contributed by atoms with Crippen LogP contribution in [0.15, 0.2) is 18.3 Å². The van der Waals surface area contributed by atoms with Crippen molar-refractivity contribution in [2.45, 2.75) is 6.42 Å². The predicted molar refractivity (Wildman–Crippen MR) is 56.1 cm³/mol. The number of nitrogens with zero attached hydrogens (tertiary/aromatic N) is 1. The number of pyridine rings is 1. The van der Waals surface area contributed by atoms with Crippen LogP contribution in [0, 0.1) is 11.8 Å². The van der Waals surface area contributed by atoms with Gasteiger partial charge in [-0.25, -0.2) is 4.98 Å². The summed E-state index contributed by atoms with van der Waals surface area (Å²) in [6.07, 6.45) is 2.51. The van der Waals surface area contributed by atoms with Gasteiger partial charge in [-0.3, -0.25) is 0 Å². The second-order valence-electron chi connectivity index (χ2n) is 2.32. The van der Waals surface area contributed by atoms with Gasteiger partial charge in [0.05, 0.1) is 13.3 Å². The van der Waals surface area contributed by atoms with Gasteiger partial charge in [-0.05, 0) is 18.1 Å². The fraction of sp³-hybridized carbons (Fsp3) is 0.300. The SMILES string of the molecule is COc1ccc(C#CCCBr)nc1. The third kappa shape index (κ3) is 3.47. The monoisotopic (exact) mass is 239 g/mol. The average molecular weight is 240 g/mol. The smallest absolute Gasteiger partial charge is 0.137 e. The molecule has 0 spiro atoms. The predicted octanol–water partition coefficient (Wildman–Crippen LogP) is 2.23. The van der Waals surface area contributed by atoms with Crippen molar-refractivity contribution in [3.8, 4) is 17.6 Å². The molecule has 0 saturated carbocycles. The number of halogens is 1. The molecule has 0 aliphatic heterocycles. The number of hydrogen-bond acceptors (Lipinski definition) is 2. The Hall–Kier alpha value is -1.01. The number of methoxy groups -OCH3 is 1. The molecule has 0 aromatic carbocycles. The molecule has 68 valence electrons. The lowest BCUT2D eigenvalue weighted by Gasteiger charge is -1.96. The first kappa shape index (κ1) is 10.1. The van der Waals surface area contributed by atoms with Crippen molar-refractivity contribution in [2.24, 2.45) is 0 Å². The van der Waals surface area contributed by atoms with Crippen LogP contribution in [0.1, 0.15) is 12.1 Å². The molecule has 0 fully saturated rings. The van der Waals surface area contributed by atoms with Gasteiger partial charge in [0.2, 0.25) is 0 Å². The molecule has 0 amide bonds. The summed E-state index contributed by atoms with van der Waals surface area (Å²) in [5, 5.41) is 0.899. The number of hydrogen-bond donors (Lipinski definition) is 0. The Morgan fingerprint density at radius 1 is 1.54 bits per heavy atom. The van der Waals surface area contributed by atoms with Gasteiger partial charge in [0.1, 0.15) is 11.4 Å². The summed E-state index contributed by atoms with van der Waals surface area (Å²) in [6.45, 7) is 0. The summed E-state index contributed by atoms with van der Waals surface area (Å²) in [4.78, 5) is 4.11. The van der Waals surface area contributed by atoms with E-state index in [4.69, 9.17) is 4.74 Å². The summed E-state index contributed by atoms with van der Waals surface area (Å²) in [7, 11) is 1.62. The first-order valence-electron chi connectivity index (χ1n) is 3.91. The highest BCUT2D eigenvalue weighted by atomic mass is 79.9. The molecular weight excluding hydrogens is 230 g/mol. The Morgan fingerprint density at radius 3 is 2.92 bits per heavy atom. The summed E-state index contributed by atoms with van der Waals surface area (Å²) >= 11 is 3.30. The van der Waals surface area contributed by atoms with Crippen molar-refractivity contribution in [1.29, 1.82) is 0 Å². The molecule has 1 aromatic heterocycles. The van der Waals surface area contributed by atoms with Crippen molar-refractivity contribution in [2.75, 3.05) is 12.4 Å². The van der Waals surface area contributed by atoms with E-state index < -0.39 is 0 Å². The third-order valence-corrected chi connectivity index (χ3v) is 1.80. The minimum absolute atomic E-state index is 0.756. The average Bonchev–Trinajstić information content (AvgIpc) is 2.19. The van der Waals surface area contributed by atoms with Crippen LogP contribution in [-0.2, 0) is 0 Å². The first-order chi connectivity index (χ1) is 6.36. The summed E-state index contributed by atoms with van der Waals surface area (Å²) in [5.74, 6) is 6.69. The van der Waals surface area contributed by atoms with E-state index in [-0.39, 0.29) is 0 Å². The highest BCUT2D eigenvalue weighted by Crippen LogP contribution is 2.06. The Bertz CT molecular complexity index is 310. The molecule has 1 rings (SSSR count). The molecule has 3 heteroatoms. The van der Waals surface area contributed by atoms with Crippen LogP contribution in [-0.4, -0.2) is 17.4 Å². The first-order valence-corrected chi connectivity index (χ1v) is 5.04. The second kappa shape index (κ2) is 5.60. The number of rotatable bonds is 2. The van der Waals surface area contributed by atoms with E-state index in [0.29, 0.717) is 0 Å². The maximum Gasteiger partial charge on any atom is 0.137 e. The topological polar surface area (TPSA) is 22.1 Å². The zero-order chi connectivity index (χ0) is 9.52. The molecule has 13 heavy (non-hydrogen) atoms. The van der Waals surface area contributed by atoms with E-state index in [1.165, 1.54) is 0 Å². The van der Waals surface area contributed by atoms with E-state index in [2.05, 4.69) is 32.8 Å². The highest BCUT2D eigenvalue weighted by molar-refractivity contribution is 9.09. The molecule has 0 aliphatic rings. The van der Waals surface area contributed by atoms with E-state index in [1.807, 2.05) is 12.1 Å². The Labute approximate surface area is 86.5 Å². The van der Waals surface area contributed by atoms with Gasteiger partial charge in [0, 0.05) is 11.8 Å². The van der Waals surface area contributed by atoms with Gasteiger partial charge in [-0.2, -0.15) is 0 Å². The third-order valence-electron chi connectivity index (χ3n) is 1.41. The molecule has 1 aromatic rings. The Kier molecular flexibility index (Phi) is 4.34. The quantitative estimate of drug-likeness (QED) is 0.584. The van der Waals surface area contributed by atoms with E-state index >= 15 is 0 Å². The maximum atomic E-state index is 4.98. The van der Waals surface area contributed by atoms with Crippen molar-refractivity contribution in [3.63, 3.8) is 0 Å². The van der Waals surface area contributed by atoms with Crippen LogP contribution in [0.4, 0.5) is 0 Å². The standard InChI is InChI=1S/C10H10BrNO/c1-13-10-6-5-9(12-8-10)4-2-3-7-11/h5-6,8H,3,7H2,1H3. The van der Waals surface area contributed by atoms with Gasteiger partial charge < -0.3 is 4.74 Å². The summed E-state index contributed by atoms with van der Waals surface area (Å²) < 4.78 is 4.98. The normalized spacial score (nSPS) is 8.77. The lowest BCUT2D eigenvalue weighted by atomic mass is 10.3. The minimum atomic E-state index is 0.756. The van der Waals surface area contributed by atoms with E-state index in [9.17, 15) is 0 Å². The summed E-state index contributed by atoms with van der Waals surface area (Å²) in [6, 6.07) is 3.70. The van der Waals surface area contributed by atoms with Crippen LogP contribution in [0.25, 0.3) is 0 Å². The van der Waals surface area contributed by atoms with E-state index in [1.54, 1.807) is 13.3 Å². The van der Waals surface area contributed by atoms with Crippen LogP contribution >= 0.6 is 15.9 Å². The van der Waals surface area contributed by atoms with Crippen molar-refractivity contribution in [1.82, 2.24) is 4.98 Å². The lowest BCUT2D eigenvalue weighted by Crippen LogP contribution is -1.86. The van der Waals surface area contributed by atoms with Gasteiger partial charge in [0.25, 0.3) is 0 Å². The van der Waals surface area contributed by atoms with Crippen molar-refractivity contribution >= 4 is 15.9 Å². The van der Waals surface area contributed by atoms with Gasteiger partial charge >= 0.3 is 0 Å². The fourth-order valence-electron chi connectivity index (χ4n) is 0.775. The summed E-state index contributed by atoms with van der Waals surface area (Å²) in [5.41, 5.74) is 0.779. The molecule has 0 aliphatic carbocycles. The molecule has 2 nitrogen and oxygen atoms in total. The lowest BCUT2D eigenvalue weighted by molar-refractivity contribution is 0.413. The Morgan fingerprint density at radius 2 is 2.38 bits per heavy atom. The van der Waals surface area contributed by atoms with E-state index in [0.717, 1.165) is 23.2 Å². The van der Waals surface area contributed by atoms with Crippen molar-refractivity contribution in [3.05, 3.63) is 24.0 Å². The highest BCUT2D eigenvalue weighted by Gasteiger charge is 1.90. The van der Waals surface area contributed by atoms with Crippen molar-refractivity contribution < 1.29 is 4.74 Å². The zero-order valence-electron chi connectivity index (χ0n) is 7.38. The largest absolute Gasteiger partial charge is 0.495 e. The molecule has 0 radical (unpaired) electrons. The number of aromatic nitrogens is 1. The molecular formula is C10H10BrNO. The molecule has 1 heterocycles. The van der Waals surface area contributed by atoms with Crippen LogP contribution < -0.4 is 4.74 Å². The fourth-order valence-corrected chi connectivity index (χ4v) is 0.974. The molecule has 0 unspecified atom stereocenters. The molecule has 0 bridgehead atoms. The minimum Gasteiger partial charge on any atom is -0.495 e. The Balaban J connectivity index is 2.65. The number of ether oxygens (including phenoxy) is 1. The van der Waals surface area contributed by atoms with Crippen LogP contribution in [0.2, 0.25) is 0 Å². The van der Waals surface area contributed by atoms with Crippen LogP contribution in [0.5, 0.6) is 5.75 Å². The second-order valence-corrected chi connectivity index (χ2v) is 3.12. The molecule has 0 saturated heterocycles.